The van der Waals surface area contributed by atoms with Crippen LogP contribution in [0.2, 0.25) is 5.02 Å². The minimum Gasteiger partial charge on any atom is -0.322 e. The Labute approximate surface area is 147 Å². The summed E-state index contributed by atoms with van der Waals surface area (Å²) in [5.74, 6) is -0.458. The van der Waals surface area contributed by atoms with E-state index in [0.29, 0.717) is 5.69 Å². The Bertz CT molecular complexity index is 872. The van der Waals surface area contributed by atoms with Gasteiger partial charge in [-0.2, -0.15) is 0 Å². The van der Waals surface area contributed by atoms with E-state index in [0.717, 1.165) is 15.4 Å². The first kappa shape index (κ1) is 18.4. The molecule has 0 atom stereocenters. The van der Waals surface area contributed by atoms with Gasteiger partial charge in [0.05, 0.1) is 15.5 Å². The highest BCUT2D eigenvalue weighted by molar-refractivity contribution is 7.89. The van der Waals surface area contributed by atoms with Gasteiger partial charge in [0.25, 0.3) is 5.91 Å². The zero-order valence-electron chi connectivity index (χ0n) is 13.9. The van der Waals surface area contributed by atoms with Crippen molar-refractivity contribution in [1.82, 2.24) is 4.31 Å². The smallest absolute Gasteiger partial charge is 0.257 e. The molecule has 0 spiro atoms. The second kappa shape index (κ2) is 6.93. The normalized spacial score (nSPS) is 11.6. The highest BCUT2D eigenvalue weighted by Gasteiger charge is 2.20. The molecular weight excluding hydrogens is 348 g/mol. The molecule has 0 fully saturated rings. The van der Waals surface area contributed by atoms with Gasteiger partial charge in [0.15, 0.2) is 0 Å². The van der Waals surface area contributed by atoms with Crippen molar-refractivity contribution in [3.8, 4) is 0 Å². The van der Waals surface area contributed by atoms with Crippen LogP contribution < -0.4 is 5.32 Å². The number of halogens is 1. The van der Waals surface area contributed by atoms with E-state index in [1.807, 2.05) is 32.0 Å². The van der Waals surface area contributed by atoms with Gasteiger partial charge >= 0.3 is 0 Å². The molecule has 128 valence electrons. The number of hydrogen-bond acceptors (Lipinski definition) is 3. The highest BCUT2D eigenvalue weighted by Crippen LogP contribution is 2.23. The summed E-state index contributed by atoms with van der Waals surface area (Å²) in [6.45, 7) is 3.86. The quantitative estimate of drug-likeness (QED) is 0.901. The molecule has 24 heavy (non-hydrogen) atoms. The SMILES string of the molecule is Cc1cc(C)cc(NC(=O)c2cc(S(=O)(=O)N(C)C)ccc2Cl)c1. The summed E-state index contributed by atoms with van der Waals surface area (Å²) in [6, 6.07) is 9.74. The monoisotopic (exact) mass is 366 g/mol. The number of hydrogen-bond donors (Lipinski definition) is 1. The highest BCUT2D eigenvalue weighted by atomic mass is 35.5. The minimum atomic E-state index is -3.64. The van der Waals surface area contributed by atoms with E-state index < -0.39 is 15.9 Å². The number of carbonyl (C=O) groups is 1. The molecule has 0 aromatic heterocycles. The van der Waals surface area contributed by atoms with Gasteiger partial charge in [-0.15, -0.1) is 0 Å². The molecule has 0 radical (unpaired) electrons. The number of anilines is 1. The van der Waals surface area contributed by atoms with E-state index in [4.69, 9.17) is 11.6 Å². The Morgan fingerprint density at radius 1 is 1.04 bits per heavy atom. The lowest BCUT2D eigenvalue weighted by Crippen LogP contribution is -2.23. The van der Waals surface area contributed by atoms with Crippen molar-refractivity contribution in [2.75, 3.05) is 19.4 Å². The Balaban J connectivity index is 2.39. The van der Waals surface area contributed by atoms with Gasteiger partial charge in [-0.05, 0) is 55.3 Å². The van der Waals surface area contributed by atoms with Gasteiger partial charge < -0.3 is 5.32 Å². The van der Waals surface area contributed by atoms with E-state index in [-0.39, 0.29) is 15.5 Å². The number of nitrogens with zero attached hydrogens (tertiary/aromatic N) is 1. The Morgan fingerprint density at radius 3 is 2.17 bits per heavy atom. The first-order chi connectivity index (χ1) is 11.1. The van der Waals surface area contributed by atoms with Gasteiger partial charge in [-0.3, -0.25) is 4.79 Å². The summed E-state index contributed by atoms with van der Waals surface area (Å²) in [7, 11) is -0.782. The molecule has 2 aromatic rings. The Morgan fingerprint density at radius 2 is 1.62 bits per heavy atom. The number of sulfonamides is 1. The largest absolute Gasteiger partial charge is 0.322 e. The summed E-state index contributed by atoms with van der Waals surface area (Å²) in [6.07, 6.45) is 0. The fraction of sp³-hybridized carbons (Fsp3) is 0.235. The summed E-state index contributed by atoms with van der Waals surface area (Å²) in [5, 5.41) is 2.95. The third-order valence-corrected chi connectivity index (χ3v) is 5.58. The number of aryl methyl sites for hydroxylation is 2. The Hall–Kier alpha value is -1.89. The molecule has 0 unspecified atom stereocenters. The third-order valence-electron chi connectivity index (χ3n) is 3.44. The molecule has 0 bridgehead atoms. The molecule has 1 amide bonds. The second-order valence-corrected chi connectivity index (χ2v) is 8.32. The molecule has 0 aliphatic carbocycles. The van der Waals surface area contributed by atoms with Crippen LogP contribution in [0.25, 0.3) is 0 Å². The van der Waals surface area contributed by atoms with Crippen LogP contribution in [-0.2, 0) is 10.0 Å². The molecule has 1 N–H and O–H groups in total. The first-order valence-corrected chi connectivity index (χ1v) is 9.05. The average Bonchev–Trinajstić information content (AvgIpc) is 2.45. The maximum atomic E-state index is 12.5. The van der Waals surface area contributed by atoms with E-state index >= 15 is 0 Å². The maximum absolute atomic E-state index is 12.5. The standard InChI is InChI=1S/C17H19ClN2O3S/c1-11-7-12(2)9-13(8-11)19-17(21)15-10-14(5-6-16(15)18)24(22,23)20(3)4/h5-10H,1-4H3,(H,19,21). The fourth-order valence-electron chi connectivity index (χ4n) is 2.29. The van der Waals surface area contributed by atoms with Gasteiger partial charge in [-0.1, -0.05) is 17.7 Å². The van der Waals surface area contributed by atoms with Crippen molar-refractivity contribution in [2.45, 2.75) is 18.7 Å². The van der Waals surface area contributed by atoms with Crippen molar-refractivity contribution in [2.24, 2.45) is 0 Å². The Kier molecular flexibility index (Phi) is 5.32. The van der Waals surface area contributed by atoms with Crippen molar-refractivity contribution in [3.63, 3.8) is 0 Å². The molecule has 7 heteroatoms. The first-order valence-electron chi connectivity index (χ1n) is 7.23. The van der Waals surface area contributed by atoms with Gasteiger partial charge in [0.1, 0.15) is 0 Å². The number of rotatable bonds is 4. The summed E-state index contributed by atoms with van der Waals surface area (Å²) < 4.78 is 25.5. The predicted molar refractivity (Wildman–Crippen MR) is 96.2 cm³/mol. The number of amides is 1. The van der Waals surface area contributed by atoms with E-state index in [1.54, 1.807) is 0 Å². The van der Waals surface area contributed by atoms with E-state index in [1.165, 1.54) is 32.3 Å². The van der Waals surface area contributed by atoms with Crippen LogP contribution in [0.4, 0.5) is 5.69 Å². The van der Waals surface area contributed by atoms with Crippen LogP contribution >= 0.6 is 11.6 Å². The molecule has 0 saturated carbocycles. The van der Waals surface area contributed by atoms with Crippen LogP contribution in [0.5, 0.6) is 0 Å². The third kappa shape index (κ3) is 3.95. The molecule has 5 nitrogen and oxygen atoms in total. The van der Waals surface area contributed by atoms with E-state index in [2.05, 4.69) is 5.32 Å². The number of carbonyl (C=O) groups excluding carboxylic acids is 1. The van der Waals surface area contributed by atoms with E-state index in [9.17, 15) is 13.2 Å². The molecule has 0 aliphatic heterocycles. The lowest BCUT2D eigenvalue weighted by atomic mass is 10.1. The summed E-state index contributed by atoms with van der Waals surface area (Å²) in [4.78, 5) is 12.5. The fourth-order valence-corrected chi connectivity index (χ4v) is 3.43. The van der Waals surface area contributed by atoms with Crippen molar-refractivity contribution >= 4 is 33.2 Å². The van der Waals surface area contributed by atoms with Crippen LogP contribution in [0.3, 0.4) is 0 Å². The molecule has 2 aromatic carbocycles. The molecule has 0 heterocycles. The summed E-state index contributed by atoms with van der Waals surface area (Å²) >= 11 is 6.08. The van der Waals surface area contributed by atoms with Crippen LogP contribution in [-0.4, -0.2) is 32.7 Å². The van der Waals surface area contributed by atoms with Gasteiger partial charge in [0.2, 0.25) is 10.0 Å². The zero-order chi connectivity index (χ0) is 18.1. The maximum Gasteiger partial charge on any atom is 0.257 e. The molecule has 2 rings (SSSR count). The lowest BCUT2D eigenvalue weighted by molar-refractivity contribution is 0.102. The molecular formula is C17H19ClN2O3S. The molecule has 0 saturated heterocycles. The molecule has 0 aliphatic rings. The number of benzene rings is 2. The van der Waals surface area contributed by atoms with Crippen molar-refractivity contribution < 1.29 is 13.2 Å². The minimum absolute atomic E-state index is 0.0162. The van der Waals surface area contributed by atoms with Crippen LogP contribution in [0.15, 0.2) is 41.3 Å². The van der Waals surface area contributed by atoms with Gasteiger partial charge in [0, 0.05) is 19.8 Å². The average molecular weight is 367 g/mol. The van der Waals surface area contributed by atoms with Crippen molar-refractivity contribution in [1.29, 1.82) is 0 Å². The topological polar surface area (TPSA) is 66.5 Å². The van der Waals surface area contributed by atoms with Gasteiger partial charge in [-0.25, -0.2) is 12.7 Å². The van der Waals surface area contributed by atoms with Crippen LogP contribution in [0, 0.1) is 13.8 Å². The number of nitrogens with one attached hydrogen (secondary N) is 1. The second-order valence-electron chi connectivity index (χ2n) is 5.76. The zero-order valence-corrected chi connectivity index (χ0v) is 15.5. The predicted octanol–water partition coefficient (Wildman–Crippen LogP) is 3.46. The van der Waals surface area contributed by atoms with Crippen LogP contribution in [0.1, 0.15) is 21.5 Å². The summed E-state index contributed by atoms with van der Waals surface area (Å²) in [5.41, 5.74) is 2.77. The lowest BCUT2D eigenvalue weighted by Gasteiger charge is -2.13. The van der Waals surface area contributed by atoms with Crippen molar-refractivity contribution in [3.05, 3.63) is 58.1 Å².